The van der Waals surface area contributed by atoms with E-state index in [1.165, 1.54) is 31.2 Å². The molecule has 0 saturated carbocycles. The average Bonchev–Trinajstić information content (AvgIpc) is 3.22. The van der Waals surface area contributed by atoms with Crippen molar-refractivity contribution in [2.75, 3.05) is 23.3 Å². The van der Waals surface area contributed by atoms with Crippen LogP contribution >= 0.6 is 0 Å². The van der Waals surface area contributed by atoms with Crippen LogP contribution in [0, 0.1) is 30.9 Å². The standard InChI is InChI=1S/C29H25F2N5O2/c1-4-20-23(30)8-5-16-9-19(38)10-21(25(16)20)27-26(31)24-14(2)28(33-15(3)37)35-29(22(24)11-32-27)36-12-17-6-7-18(13-36)34-17/h1,5,8-11,17-18,34,38H,6-7,12-13H2,2-3H3,(H,33,35,37). The molecule has 2 fully saturated rings. The minimum Gasteiger partial charge on any atom is -0.508 e. The number of carbonyl (C=O) groups is 1. The summed E-state index contributed by atoms with van der Waals surface area (Å²) in [6, 6.07) is 6.09. The third-order valence-electron chi connectivity index (χ3n) is 7.47. The highest BCUT2D eigenvalue weighted by atomic mass is 19.1. The second-order valence-corrected chi connectivity index (χ2v) is 10.0. The topological polar surface area (TPSA) is 90.4 Å². The van der Waals surface area contributed by atoms with E-state index >= 15 is 4.39 Å². The molecule has 4 heterocycles. The van der Waals surface area contributed by atoms with Gasteiger partial charge in [-0.2, -0.15) is 0 Å². The molecule has 2 aliphatic rings. The number of pyridine rings is 2. The third kappa shape index (κ3) is 3.80. The van der Waals surface area contributed by atoms with Gasteiger partial charge in [0.05, 0.1) is 5.56 Å². The first kappa shape index (κ1) is 24.1. The number of anilines is 2. The number of phenols is 1. The minimum atomic E-state index is -0.674. The van der Waals surface area contributed by atoms with E-state index in [0.717, 1.165) is 12.8 Å². The molecule has 38 heavy (non-hydrogen) atoms. The summed E-state index contributed by atoms with van der Waals surface area (Å²) in [4.78, 5) is 23.3. The summed E-state index contributed by atoms with van der Waals surface area (Å²) in [5.74, 6) is 1.40. The van der Waals surface area contributed by atoms with Gasteiger partial charge < -0.3 is 20.6 Å². The molecule has 0 radical (unpaired) electrons. The number of piperazine rings is 1. The number of amides is 1. The van der Waals surface area contributed by atoms with Gasteiger partial charge in [0.15, 0.2) is 5.82 Å². The van der Waals surface area contributed by atoms with Crippen LogP contribution in [0.15, 0.2) is 30.5 Å². The van der Waals surface area contributed by atoms with Crippen molar-refractivity contribution in [1.82, 2.24) is 15.3 Å². The number of aryl methyl sites for hydroxylation is 1. The lowest BCUT2D eigenvalue weighted by atomic mass is 9.94. The van der Waals surface area contributed by atoms with Crippen molar-refractivity contribution >= 4 is 39.1 Å². The Bertz CT molecular complexity index is 1690. The summed E-state index contributed by atoms with van der Waals surface area (Å²) < 4.78 is 31.2. The van der Waals surface area contributed by atoms with Crippen molar-refractivity contribution in [1.29, 1.82) is 0 Å². The largest absolute Gasteiger partial charge is 0.508 e. The fourth-order valence-corrected chi connectivity index (χ4v) is 5.83. The zero-order valence-electron chi connectivity index (χ0n) is 20.9. The number of hydrogen-bond acceptors (Lipinski definition) is 6. The van der Waals surface area contributed by atoms with E-state index in [9.17, 15) is 14.3 Å². The second kappa shape index (κ2) is 8.92. The van der Waals surface area contributed by atoms with E-state index in [1.54, 1.807) is 13.1 Å². The van der Waals surface area contributed by atoms with Gasteiger partial charge in [-0.25, -0.2) is 13.8 Å². The van der Waals surface area contributed by atoms with Gasteiger partial charge in [-0.3, -0.25) is 9.78 Å². The third-order valence-corrected chi connectivity index (χ3v) is 7.47. The average molecular weight is 514 g/mol. The van der Waals surface area contributed by atoms with Crippen LogP contribution in [0.5, 0.6) is 5.75 Å². The summed E-state index contributed by atoms with van der Waals surface area (Å²) in [5, 5.41) is 18.2. The molecular formula is C29H25F2N5O2. The van der Waals surface area contributed by atoms with Gasteiger partial charge in [-0.05, 0) is 43.4 Å². The van der Waals surface area contributed by atoms with Crippen molar-refractivity contribution in [3.63, 3.8) is 0 Å². The van der Waals surface area contributed by atoms with E-state index in [2.05, 4.69) is 26.4 Å². The van der Waals surface area contributed by atoms with Crippen LogP contribution in [-0.4, -0.2) is 46.2 Å². The number of nitrogens with one attached hydrogen (secondary N) is 2. The van der Waals surface area contributed by atoms with Gasteiger partial charge >= 0.3 is 0 Å². The van der Waals surface area contributed by atoms with Crippen LogP contribution in [0.2, 0.25) is 0 Å². The van der Waals surface area contributed by atoms with Gasteiger partial charge in [0, 0.05) is 65.6 Å². The highest BCUT2D eigenvalue weighted by molar-refractivity contribution is 6.05. The molecule has 7 nitrogen and oxygen atoms in total. The maximum absolute atomic E-state index is 16.6. The Morgan fingerprint density at radius 1 is 1.21 bits per heavy atom. The molecule has 4 aromatic rings. The summed E-state index contributed by atoms with van der Waals surface area (Å²) in [5.41, 5.74) is 0.480. The number of hydrogen-bond donors (Lipinski definition) is 3. The Balaban J connectivity index is 1.64. The molecule has 2 saturated heterocycles. The quantitative estimate of drug-likeness (QED) is 0.347. The first-order valence-electron chi connectivity index (χ1n) is 12.4. The number of aromatic nitrogens is 2. The fraction of sp³-hybridized carbons (Fsp3) is 0.276. The zero-order chi connectivity index (χ0) is 26.7. The van der Waals surface area contributed by atoms with Crippen molar-refractivity contribution in [2.24, 2.45) is 0 Å². The number of carbonyl (C=O) groups excluding carboxylic acids is 1. The van der Waals surface area contributed by atoms with Crippen LogP contribution in [0.1, 0.15) is 30.9 Å². The number of aromatic hydroxyl groups is 1. The van der Waals surface area contributed by atoms with E-state index in [0.29, 0.717) is 47.3 Å². The van der Waals surface area contributed by atoms with E-state index in [-0.39, 0.29) is 45.1 Å². The maximum atomic E-state index is 16.6. The highest BCUT2D eigenvalue weighted by Gasteiger charge is 2.34. The first-order valence-corrected chi connectivity index (χ1v) is 12.4. The predicted octanol–water partition coefficient (Wildman–Crippen LogP) is 4.62. The van der Waals surface area contributed by atoms with E-state index in [1.807, 2.05) is 0 Å². The van der Waals surface area contributed by atoms with Gasteiger partial charge in [0.25, 0.3) is 0 Å². The van der Waals surface area contributed by atoms with Crippen LogP contribution in [0.3, 0.4) is 0 Å². The van der Waals surface area contributed by atoms with Gasteiger partial charge in [0.1, 0.15) is 28.9 Å². The molecule has 1 amide bonds. The monoisotopic (exact) mass is 513 g/mol. The molecule has 2 atom stereocenters. The second-order valence-electron chi connectivity index (χ2n) is 10.0. The number of halogens is 2. The lowest BCUT2D eigenvalue weighted by Gasteiger charge is -2.34. The van der Waals surface area contributed by atoms with Crippen LogP contribution in [0.4, 0.5) is 20.4 Å². The normalized spacial score (nSPS) is 18.7. The van der Waals surface area contributed by atoms with Crippen LogP contribution < -0.4 is 15.5 Å². The molecule has 3 N–H and O–H groups in total. The Morgan fingerprint density at radius 3 is 2.63 bits per heavy atom. The molecule has 2 bridgehead atoms. The van der Waals surface area contributed by atoms with Crippen molar-refractivity contribution < 1.29 is 18.7 Å². The van der Waals surface area contributed by atoms with Gasteiger partial charge in [-0.1, -0.05) is 12.0 Å². The molecule has 2 aliphatic heterocycles. The van der Waals surface area contributed by atoms with E-state index in [4.69, 9.17) is 11.4 Å². The van der Waals surface area contributed by atoms with Crippen molar-refractivity contribution in [3.8, 4) is 29.4 Å². The van der Waals surface area contributed by atoms with Crippen molar-refractivity contribution in [3.05, 3.63) is 53.2 Å². The van der Waals surface area contributed by atoms with E-state index < -0.39 is 11.6 Å². The Hall–Kier alpha value is -4.29. The first-order chi connectivity index (χ1) is 18.2. The molecular weight excluding hydrogens is 488 g/mol. The molecule has 192 valence electrons. The molecule has 2 unspecified atom stereocenters. The number of terminal acetylenes is 1. The van der Waals surface area contributed by atoms with Crippen LogP contribution in [-0.2, 0) is 4.79 Å². The highest BCUT2D eigenvalue weighted by Crippen LogP contribution is 2.41. The molecule has 9 heteroatoms. The minimum absolute atomic E-state index is 0.0406. The van der Waals surface area contributed by atoms with Crippen LogP contribution in [0.25, 0.3) is 32.8 Å². The number of rotatable bonds is 3. The lowest BCUT2D eigenvalue weighted by Crippen LogP contribution is -2.51. The number of benzene rings is 2. The Labute approximate surface area is 217 Å². The predicted molar refractivity (Wildman–Crippen MR) is 143 cm³/mol. The summed E-state index contributed by atoms with van der Waals surface area (Å²) in [6.07, 6.45) is 9.28. The lowest BCUT2D eigenvalue weighted by molar-refractivity contribution is -0.114. The smallest absolute Gasteiger partial charge is 0.222 e. The van der Waals surface area contributed by atoms with Crippen molar-refractivity contribution in [2.45, 2.75) is 38.8 Å². The molecule has 6 rings (SSSR count). The van der Waals surface area contributed by atoms with Gasteiger partial charge in [-0.15, -0.1) is 6.42 Å². The number of phenolic OH excluding ortho intramolecular Hbond substituents is 1. The molecule has 0 aliphatic carbocycles. The zero-order valence-corrected chi connectivity index (χ0v) is 20.9. The summed E-state index contributed by atoms with van der Waals surface area (Å²) >= 11 is 0. The maximum Gasteiger partial charge on any atom is 0.222 e. The Kier molecular flexibility index (Phi) is 5.65. The molecule has 0 spiro atoms. The van der Waals surface area contributed by atoms with Gasteiger partial charge in [0.2, 0.25) is 5.91 Å². The summed E-state index contributed by atoms with van der Waals surface area (Å²) in [7, 11) is 0. The molecule has 2 aromatic heterocycles. The summed E-state index contributed by atoms with van der Waals surface area (Å²) in [6.45, 7) is 4.46. The number of fused-ring (bicyclic) bond motifs is 4. The SMILES string of the molecule is C#Cc1c(F)ccc2cc(O)cc(-c3ncc4c(N5CC6CCC(C5)N6)nc(NC(C)=O)c(C)c4c3F)c12. The fourth-order valence-electron chi connectivity index (χ4n) is 5.83. The Morgan fingerprint density at radius 2 is 1.95 bits per heavy atom. The molecule has 2 aromatic carbocycles. The number of nitrogens with zero attached hydrogens (tertiary/aromatic N) is 3.